The van der Waals surface area contributed by atoms with Crippen molar-refractivity contribution >= 4 is 34.2 Å². The van der Waals surface area contributed by atoms with Crippen LogP contribution in [0.4, 0.5) is 11.6 Å². The highest BCUT2D eigenvalue weighted by molar-refractivity contribution is 5.87. The quantitative estimate of drug-likeness (QED) is 0.570. The van der Waals surface area contributed by atoms with Crippen molar-refractivity contribution < 1.29 is 0 Å². The summed E-state index contributed by atoms with van der Waals surface area (Å²) in [4.78, 5) is 11.0. The van der Waals surface area contributed by atoms with Crippen molar-refractivity contribution in [2.45, 2.75) is 19.3 Å². The molecule has 3 heterocycles. The molecule has 1 fully saturated rings. The van der Waals surface area contributed by atoms with Crippen LogP contribution >= 0.6 is 0 Å². The van der Waals surface area contributed by atoms with Crippen molar-refractivity contribution in [2.75, 3.05) is 37.4 Å². The average molecular weight is 417 g/mol. The van der Waals surface area contributed by atoms with Gasteiger partial charge in [0, 0.05) is 51.2 Å². The molecule has 1 saturated heterocycles. The van der Waals surface area contributed by atoms with Crippen LogP contribution in [0.1, 0.15) is 30.4 Å². The maximum absolute atomic E-state index is 5.93. The minimum atomic E-state index is 0.720. The number of benzene rings is 1. The number of nitrogens with two attached hydrogens (primary N) is 1. The van der Waals surface area contributed by atoms with Crippen molar-refractivity contribution in [3.05, 3.63) is 72.7 Å². The van der Waals surface area contributed by atoms with Crippen LogP contribution in [0.25, 0.3) is 22.5 Å². The number of nitrogens with one attached hydrogen (secondary N) is 2. The van der Waals surface area contributed by atoms with E-state index in [-0.39, 0.29) is 0 Å². The van der Waals surface area contributed by atoms with Gasteiger partial charge in [0.15, 0.2) is 0 Å². The molecule has 162 valence electrons. The third-order valence-corrected chi connectivity index (χ3v) is 5.30. The van der Waals surface area contributed by atoms with Gasteiger partial charge in [0.1, 0.15) is 11.6 Å². The van der Waals surface area contributed by atoms with Gasteiger partial charge < -0.3 is 21.3 Å². The highest BCUT2D eigenvalue weighted by Crippen LogP contribution is 2.21. The molecule has 0 unspecified atom stereocenters. The monoisotopic (exact) mass is 416 g/mol. The molecule has 4 rings (SSSR count). The van der Waals surface area contributed by atoms with E-state index in [0.717, 1.165) is 52.3 Å². The van der Waals surface area contributed by atoms with Crippen molar-refractivity contribution in [1.29, 1.82) is 0 Å². The van der Waals surface area contributed by atoms with Crippen LogP contribution in [0.15, 0.2) is 61.6 Å². The van der Waals surface area contributed by atoms with Gasteiger partial charge in [0.25, 0.3) is 0 Å². The average Bonchev–Trinajstić information content (AvgIpc) is 2.84. The maximum atomic E-state index is 5.93. The standard InChI is InChI=1S/C13H16N4.C12H16N2/c1-15-8-12(14)9-3-4-10-7-17-13(16-2)6-11(10)5-9;1-2-11-6-7-13-12(10-11)14-8-4-3-5-9-14/h3-8,15H,14H2,1-2H3,(H,16,17);2,6-7,10H,1,3-5,8-9H2/b12-8-;. The molecule has 2 aromatic heterocycles. The third-order valence-electron chi connectivity index (χ3n) is 5.30. The van der Waals surface area contributed by atoms with E-state index in [1.54, 1.807) is 6.20 Å². The Morgan fingerprint density at radius 1 is 1.03 bits per heavy atom. The molecule has 0 radical (unpaired) electrons. The Kier molecular flexibility index (Phi) is 7.87. The maximum Gasteiger partial charge on any atom is 0.129 e. The second-order valence-corrected chi connectivity index (χ2v) is 7.47. The largest absolute Gasteiger partial charge is 0.397 e. The summed E-state index contributed by atoms with van der Waals surface area (Å²) in [7, 11) is 3.68. The predicted molar refractivity (Wildman–Crippen MR) is 133 cm³/mol. The lowest BCUT2D eigenvalue weighted by molar-refractivity contribution is 0.573. The van der Waals surface area contributed by atoms with Gasteiger partial charge in [-0.05, 0) is 60.0 Å². The molecule has 6 nitrogen and oxygen atoms in total. The fourth-order valence-corrected chi connectivity index (χ4v) is 3.55. The Hall–Kier alpha value is -3.54. The number of piperidine rings is 1. The van der Waals surface area contributed by atoms with Gasteiger partial charge in [-0.3, -0.25) is 0 Å². The number of rotatable bonds is 5. The molecule has 6 heteroatoms. The predicted octanol–water partition coefficient (Wildman–Crippen LogP) is 4.47. The Bertz CT molecular complexity index is 1040. The number of hydrogen-bond donors (Lipinski definition) is 3. The number of pyridine rings is 2. The molecule has 3 aromatic rings. The third kappa shape index (κ3) is 5.98. The number of anilines is 2. The molecule has 0 atom stereocenters. The van der Waals surface area contributed by atoms with Crippen LogP contribution in [0, 0.1) is 0 Å². The van der Waals surface area contributed by atoms with Gasteiger partial charge in [-0.15, -0.1) is 0 Å². The van der Waals surface area contributed by atoms with E-state index in [9.17, 15) is 0 Å². The van der Waals surface area contributed by atoms with Crippen molar-refractivity contribution in [2.24, 2.45) is 5.73 Å². The molecule has 1 aliphatic heterocycles. The Labute approximate surface area is 184 Å². The molecule has 0 saturated carbocycles. The first-order valence-corrected chi connectivity index (χ1v) is 10.7. The fraction of sp³-hybridized carbons (Fsp3) is 0.280. The highest BCUT2D eigenvalue weighted by Gasteiger charge is 2.11. The number of nitrogens with zero attached hydrogens (tertiary/aromatic N) is 3. The summed E-state index contributed by atoms with van der Waals surface area (Å²) in [5.74, 6) is 1.95. The molecule has 1 aliphatic rings. The van der Waals surface area contributed by atoms with Crippen LogP contribution in [0.5, 0.6) is 0 Å². The minimum Gasteiger partial charge on any atom is -0.397 e. The lowest BCUT2D eigenvalue weighted by Gasteiger charge is -2.27. The van der Waals surface area contributed by atoms with Crippen molar-refractivity contribution in [3.63, 3.8) is 0 Å². The van der Waals surface area contributed by atoms with Crippen molar-refractivity contribution in [1.82, 2.24) is 15.3 Å². The zero-order valence-electron chi connectivity index (χ0n) is 18.4. The Balaban J connectivity index is 0.000000179. The van der Waals surface area contributed by atoms with E-state index in [1.807, 2.05) is 56.8 Å². The van der Waals surface area contributed by atoms with E-state index in [1.165, 1.54) is 19.3 Å². The molecule has 0 spiro atoms. The van der Waals surface area contributed by atoms with Gasteiger partial charge in [0.2, 0.25) is 0 Å². The Morgan fingerprint density at radius 3 is 2.55 bits per heavy atom. The topological polar surface area (TPSA) is 79.1 Å². The van der Waals surface area contributed by atoms with E-state index < -0.39 is 0 Å². The molecule has 0 bridgehead atoms. The van der Waals surface area contributed by atoms with Crippen LogP contribution in [0.2, 0.25) is 0 Å². The lowest BCUT2D eigenvalue weighted by atomic mass is 10.1. The summed E-state index contributed by atoms with van der Waals surface area (Å²) in [5.41, 5.74) is 8.81. The summed E-state index contributed by atoms with van der Waals surface area (Å²) in [6.45, 7) is 6.06. The summed E-state index contributed by atoms with van der Waals surface area (Å²) < 4.78 is 0. The molecule has 0 amide bonds. The highest BCUT2D eigenvalue weighted by atomic mass is 15.2. The minimum absolute atomic E-state index is 0.720. The van der Waals surface area contributed by atoms with Crippen LogP contribution in [0.3, 0.4) is 0 Å². The Morgan fingerprint density at radius 2 is 1.84 bits per heavy atom. The summed E-state index contributed by atoms with van der Waals surface area (Å²) >= 11 is 0. The fourth-order valence-electron chi connectivity index (χ4n) is 3.55. The van der Waals surface area contributed by atoms with Gasteiger partial charge in [-0.2, -0.15) is 0 Å². The molecule has 4 N–H and O–H groups in total. The smallest absolute Gasteiger partial charge is 0.129 e. The van der Waals surface area contributed by atoms with E-state index >= 15 is 0 Å². The molecule has 0 aliphatic carbocycles. The van der Waals surface area contributed by atoms with E-state index in [0.29, 0.717) is 0 Å². The molecule has 31 heavy (non-hydrogen) atoms. The van der Waals surface area contributed by atoms with E-state index in [2.05, 4.69) is 44.2 Å². The van der Waals surface area contributed by atoms with Crippen LogP contribution in [-0.4, -0.2) is 37.2 Å². The number of aromatic nitrogens is 2. The van der Waals surface area contributed by atoms with Gasteiger partial charge in [-0.25, -0.2) is 9.97 Å². The molecule has 1 aromatic carbocycles. The van der Waals surface area contributed by atoms with Gasteiger partial charge >= 0.3 is 0 Å². The second kappa shape index (κ2) is 11.0. The van der Waals surface area contributed by atoms with Crippen LogP contribution in [-0.2, 0) is 0 Å². The molecular formula is C25H32N6. The second-order valence-electron chi connectivity index (χ2n) is 7.47. The first kappa shape index (κ1) is 22.2. The number of fused-ring (bicyclic) bond motifs is 1. The summed E-state index contributed by atoms with van der Waals surface area (Å²) in [6, 6.07) is 12.2. The van der Waals surface area contributed by atoms with Crippen molar-refractivity contribution in [3.8, 4) is 0 Å². The number of hydrogen-bond acceptors (Lipinski definition) is 6. The normalized spacial score (nSPS) is 13.9. The summed E-state index contributed by atoms with van der Waals surface area (Å²) in [5, 5.41) is 8.17. The van der Waals surface area contributed by atoms with Crippen LogP contribution < -0.4 is 21.3 Å². The molecular weight excluding hydrogens is 384 g/mol. The first-order valence-electron chi connectivity index (χ1n) is 10.7. The first-order chi connectivity index (χ1) is 15.1. The van der Waals surface area contributed by atoms with Gasteiger partial charge in [0.05, 0.1) is 5.70 Å². The zero-order chi connectivity index (χ0) is 22.1. The lowest BCUT2D eigenvalue weighted by Crippen LogP contribution is -2.30. The SMILES string of the molecule is C=Cc1ccnc(N2CCCCC2)c1.CN/C=C(\N)c1ccc2cnc(NC)cc2c1. The summed E-state index contributed by atoms with van der Waals surface area (Å²) in [6.07, 6.45) is 11.3. The zero-order valence-corrected chi connectivity index (χ0v) is 18.4. The van der Waals surface area contributed by atoms with Gasteiger partial charge in [-0.1, -0.05) is 24.8 Å². The van der Waals surface area contributed by atoms with E-state index in [4.69, 9.17) is 5.73 Å².